The number of carbonyl (C=O) groups is 4. The molecule has 180 valence electrons. The summed E-state index contributed by atoms with van der Waals surface area (Å²) >= 11 is 6.16. The van der Waals surface area contributed by atoms with Crippen LogP contribution in [0.25, 0.3) is 0 Å². The summed E-state index contributed by atoms with van der Waals surface area (Å²) in [6, 6.07) is 3.43. The molecule has 1 aromatic carbocycles. The first-order chi connectivity index (χ1) is 15.6. The van der Waals surface area contributed by atoms with Crippen LogP contribution in [0.4, 0.5) is 5.69 Å². The van der Waals surface area contributed by atoms with Gasteiger partial charge in [-0.3, -0.25) is 14.4 Å². The van der Waals surface area contributed by atoms with Gasteiger partial charge in [0.1, 0.15) is 0 Å². The first kappa shape index (κ1) is 24.7. The third-order valence-electron chi connectivity index (χ3n) is 5.98. The number of aliphatic hydroxyl groups is 1. The Kier molecular flexibility index (Phi) is 7.77. The van der Waals surface area contributed by atoms with Gasteiger partial charge in [0.25, 0.3) is 11.8 Å². The van der Waals surface area contributed by atoms with Gasteiger partial charge in [0, 0.05) is 24.7 Å². The number of nitrogens with one attached hydrogen (secondary N) is 1. The predicted octanol–water partition coefficient (Wildman–Crippen LogP) is 0.426. The molecule has 1 aromatic rings. The van der Waals surface area contributed by atoms with Crippen LogP contribution >= 0.6 is 11.6 Å². The third-order valence-corrected chi connectivity index (χ3v) is 6.20. The van der Waals surface area contributed by atoms with Crippen molar-refractivity contribution in [1.82, 2.24) is 10.2 Å². The number of piperidine rings is 3. The molecular weight excluding hydrogens is 458 g/mol. The van der Waals surface area contributed by atoms with Gasteiger partial charge in [-0.25, -0.2) is 4.79 Å². The second-order valence-electron chi connectivity index (χ2n) is 8.21. The number of aliphatic hydroxyl groups excluding tert-OH is 1. The highest BCUT2D eigenvalue weighted by molar-refractivity contribution is 6.31. The highest BCUT2D eigenvalue weighted by Crippen LogP contribution is 2.38. The number of carboxylic acids is 2. The SMILES string of the molecule is CN1C(=O)COc2c(C(=O)NC3CN4CCC3CC4)cc(Cl)cc21.O=C(O)CC(O)C(=O)O. The summed E-state index contributed by atoms with van der Waals surface area (Å²) < 4.78 is 5.54. The molecule has 3 fully saturated rings. The molecule has 12 heteroatoms. The van der Waals surface area contributed by atoms with Crippen molar-refractivity contribution in [3.63, 3.8) is 0 Å². The molecule has 4 N–H and O–H groups in total. The van der Waals surface area contributed by atoms with E-state index in [4.69, 9.17) is 31.7 Å². The number of anilines is 1. The van der Waals surface area contributed by atoms with E-state index in [1.165, 1.54) is 4.90 Å². The van der Waals surface area contributed by atoms with E-state index in [-0.39, 0.29) is 24.5 Å². The molecule has 2 atom stereocenters. The van der Waals surface area contributed by atoms with Gasteiger partial charge >= 0.3 is 11.9 Å². The van der Waals surface area contributed by atoms with Gasteiger partial charge in [0.15, 0.2) is 18.5 Å². The Balaban J connectivity index is 0.000000292. The number of hydrogen-bond donors (Lipinski definition) is 4. The van der Waals surface area contributed by atoms with E-state index in [2.05, 4.69) is 10.2 Å². The topological polar surface area (TPSA) is 157 Å². The molecule has 0 saturated carbocycles. The van der Waals surface area contributed by atoms with E-state index >= 15 is 0 Å². The molecule has 33 heavy (non-hydrogen) atoms. The first-order valence-electron chi connectivity index (χ1n) is 10.5. The Morgan fingerprint density at radius 1 is 1.24 bits per heavy atom. The number of carbonyl (C=O) groups excluding carboxylic acids is 2. The fourth-order valence-corrected chi connectivity index (χ4v) is 4.35. The first-order valence-corrected chi connectivity index (χ1v) is 10.8. The van der Waals surface area contributed by atoms with Gasteiger partial charge in [-0.15, -0.1) is 0 Å². The number of carboxylic acid groups (broad SMARTS) is 2. The van der Waals surface area contributed by atoms with E-state index in [1.54, 1.807) is 19.2 Å². The van der Waals surface area contributed by atoms with E-state index in [0.29, 0.717) is 27.9 Å². The number of benzene rings is 1. The number of aliphatic carboxylic acids is 2. The van der Waals surface area contributed by atoms with Gasteiger partial charge in [0.05, 0.1) is 17.7 Å². The molecule has 5 rings (SSSR count). The fourth-order valence-electron chi connectivity index (χ4n) is 4.14. The van der Waals surface area contributed by atoms with Gasteiger partial charge < -0.3 is 35.2 Å². The number of rotatable bonds is 5. The van der Waals surface area contributed by atoms with Crippen molar-refractivity contribution in [3.05, 3.63) is 22.7 Å². The molecule has 0 radical (unpaired) electrons. The van der Waals surface area contributed by atoms with Crippen LogP contribution in [0.2, 0.25) is 5.02 Å². The molecule has 0 spiro atoms. The Morgan fingerprint density at radius 3 is 2.42 bits per heavy atom. The summed E-state index contributed by atoms with van der Waals surface area (Å²) in [7, 11) is 1.66. The molecule has 2 bridgehead atoms. The normalized spacial score (nSPS) is 24.0. The zero-order valence-corrected chi connectivity index (χ0v) is 18.7. The summed E-state index contributed by atoms with van der Waals surface area (Å²) in [6.45, 7) is 3.09. The van der Waals surface area contributed by atoms with Crippen molar-refractivity contribution >= 4 is 41.0 Å². The second kappa shape index (κ2) is 10.4. The molecule has 4 heterocycles. The minimum atomic E-state index is -1.79. The van der Waals surface area contributed by atoms with E-state index in [0.717, 1.165) is 32.5 Å². The summed E-state index contributed by atoms with van der Waals surface area (Å²) in [5.74, 6) is -2.22. The summed E-state index contributed by atoms with van der Waals surface area (Å²) in [5.41, 5.74) is 0.936. The largest absolute Gasteiger partial charge is 0.481 e. The van der Waals surface area contributed by atoms with Crippen LogP contribution in [-0.4, -0.2) is 89.4 Å². The summed E-state index contributed by atoms with van der Waals surface area (Å²) in [4.78, 5) is 47.9. The van der Waals surface area contributed by atoms with E-state index in [9.17, 15) is 19.2 Å². The quantitative estimate of drug-likeness (QED) is 0.466. The van der Waals surface area contributed by atoms with Gasteiger partial charge in [-0.2, -0.15) is 0 Å². The zero-order valence-electron chi connectivity index (χ0n) is 18.0. The molecule has 11 nitrogen and oxygen atoms in total. The lowest BCUT2D eigenvalue weighted by Gasteiger charge is -2.45. The molecule has 2 amide bonds. The monoisotopic (exact) mass is 483 g/mol. The maximum absolute atomic E-state index is 12.8. The minimum Gasteiger partial charge on any atom is -0.481 e. The summed E-state index contributed by atoms with van der Waals surface area (Å²) in [5, 5.41) is 27.7. The molecule has 0 aliphatic carbocycles. The lowest BCUT2D eigenvalue weighted by Crippen LogP contribution is -2.57. The number of nitrogens with zero attached hydrogens (tertiary/aromatic N) is 2. The average Bonchev–Trinajstić information content (AvgIpc) is 2.77. The predicted molar refractivity (Wildman–Crippen MR) is 117 cm³/mol. The van der Waals surface area contributed by atoms with Gasteiger partial charge in [-0.1, -0.05) is 11.6 Å². The number of amides is 2. The van der Waals surface area contributed by atoms with Crippen LogP contribution < -0.4 is 15.0 Å². The summed E-state index contributed by atoms with van der Waals surface area (Å²) in [6.07, 6.45) is -0.281. The van der Waals surface area contributed by atoms with Crippen LogP contribution in [0.15, 0.2) is 12.1 Å². The molecule has 4 aliphatic heterocycles. The van der Waals surface area contributed by atoms with Crippen LogP contribution in [0.3, 0.4) is 0 Å². The van der Waals surface area contributed by atoms with E-state index in [1.807, 2.05) is 0 Å². The Bertz CT molecular complexity index is 948. The van der Waals surface area contributed by atoms with Crippen LogP contribution in [0, 0.1) is 5.92 Å². The minimum absolute atomic E-state index is 0.0642. The highest BCUT2D eigenvalue weighted by atomic mass is 35.5. The maximum Gasteiger partial charge on any atom is 0.333 e. The standard InChI is InChI=1S/C17H20ClN3O3.C4H6O5/c1-20-14-7-11(18)6-12(16(14)24-9-15(20)22)17(23)19-13-8-21-4-2-10(13)3-5-21;5-2(4(8)9)1-3(6)7/h6-7,10,13H,2-5,8-9H2,1H3,(H,19,23);2,5H,1H2,(H,6,7)(H,8,9). The van der Waals surface area contributed by atoms with Crippen molar-refractivity contribution < 1.29 is 39.2 Å². The Morgan fingerprint density at radius 2 is 1.91 bits per heavy atom. The number of halogens is 1. The molecule has 0 aromatic heterocycles. The highest BCUT2D eigenvalue weighted by Gasteiger charge is 2.36. The second-order valence-corrected chi connectivity index (χ2v) is 8.65. The third kappa shape index (κ3) is 5.92. The Labute approximate surface area is 194 Å². The van der Waals surface area contributed by atoms with E-state index < -0.39 is 24.5 Å². The average molecular weight is 484 g/mol. The molecule has 3 saturated heterocycles. The molecule has 4 aliphatic rings. The lowest BCUT2D eigenvalue weighted by molar-refractivity contribution is -0.152. The van der Waals surface area contributed by atoms with Crippen LogP contribution in [0.1, 0.15) is 29.6 Å². The lowest BCUT2D eigenvalue weighted by atomic mass is 9.84. The van der Waals surface area contributed by atoms with Crippen molar-refractivity contribution in [2.45, 2.75) is 31.4 Å². The van der Waals surface area contributed by atoms with Crippen LogP contribution in [-0.2, 0) is 14.4 Å². The molecular formula is C21H26ClN3O8. The van der Waals surface area contributed by atoms with Crippen molar-refractivity contribution in [2.24, 2.45) is 5.92 Å². The Hall–Kier alpha value is -2.89. The number of hydrogen-bond acceptors (Lipinski definition) is 7. The number of ether oxygens (including phenoxy) is 1. The fraction of sp³-hybridized carbons (Fsp3) is 0.524. The zero-order chi connectivity index (χ0) is 24.3. The van der Waals surface area contributed by atoms with Gasteiger partial charge in [0.2, 0.25) is 0 Å². The smallest absolute Gasteiger partial charge is 0.333 e. The van der Waals surface area contributed by atoms with Crippen LogP contribution in [0.5, 0.6) is 5.75 Å². The maximum atomic E-state index is 12.8. The van der Waals surface area contributed by atoms with Gasteiger partial charge in [-0.05, 0) is 44.0 Å². The number of likely N-dealkylation sites (N-methyl/N-ethyl adjacent to an activating group) is 1. The van der Waals surface area contributed by atoms with Crippen molar-refractivity contribution in [1.29, 1.82) is 0 Å². The molecule has 2 unspecified atom stereocenters. The van der Waals surface area contributed by atoms with Crippen molar-refractivity contribution in [3.8, 4) is 5.75 Å². The van der Waals surface area contributed by atoms with Crippen molar-refractivity contribution in [2.75, 3.05) is 38.2 Å². The number of fused-ring (bicyclic) bond motifs is 4.